The highest BCUT2D eigenvalue weighted by molar-refractivity contribution is 6.06. The Morgan fingerprint density at radius 3 is 2.75 bits per heavy atom. The number of pyridine rings is 2. The average Bonchev–Trinajstić information content (AvgIpc) is 2.85. The van der Waals surface area contributed by atoms with Crippen LogP contribution < -0.4 is 0 Å². The fourth-order valence-electron chi connectivity index (χ4n) is 2.68. The SMILES string of the molecule is O=C(O)c1cccn2ccc3c4ccccc4nc-3c12. The van der Waals surface area contributed by atoms with Crippen LogP contribution in [0.25, 0.3) is 27.7 Å². The zero-order valence-corrected chi connectivity index (χ0v) is 10.4. The number of hydrogen-bond acceptors (Lipinski definition) is 2. The average molecular weight is 262 g/mol. The molecule has 4 rings (SSSR count). The molecule has 2 aliphatic heterocycles. The van der Waals surface area contributed by atoms with Crippen molar-refractivity contribution in [3.05, 3.63) is 60.4 Å². The minimum Gasteiger partial charge on any atom is -0.478 e. The Kier molecular flexibility index (Phi) is 2.09. The van der Waals surface area contributed by atoms with Crippen LogP contribution in [0.15, 0.2) is 54.9 Å². The summed E-state index contributed by atoms with van der Waals surface area (Å²) in [5.41, 5.74) is 3.49. The number of hydrogen-bond donors (Lipinski definition) is 1. The third-order valence-electron chi connectivity index (χ3n) is 3.56. The molecule has 1 aromatic carbocycles. The minimum absolute atomic E-state index is 0.265. The van der Waals surface area contributed by atoms with Gasteiger partial charge in [0.15, 0.2) is 0 Å². The quantitative estimate of drug-likeness (QED) is 0.572. The monoisotopic (exact) mass is 262 g/mol. The second-order valence-electron chi connectivity index (χ2n) is 4.69. The summed E-state index contributed by atoms with van der Waals surface area (Å²) < 4.78 is 1.80. The fraction of sp³-hybridized carbons (Fsp3) is 0. The van der Waals surface area contributed by atoms with Gasteiger partial charge in [-0.3, -0.25) is 0 Å². The predicted octanol–water partition coefficient (Wildman–Crippen LogP) is 3.29. The summed E-state index contributed by atoms with van der Waals surface area (Å²) in [5.74, 6) is -0.942. The molecule has 0 bridgehead atoms. The third-order valence-corrected chi connectivity index (χ3v) is 3.56. The largest absolute Gasteiger partial charge is 0.478 e. The summed E-state index contributed by atoms with van der Waals surface area (Å²) in [4.78, 5) is 16.0. The van der Waals surface area contributed by atoms with Gasteiger partial charge in [-0.25, -0.2) is 9.78 Å². The van der Waals surface area contributed by atoms with Gasteiger partial charge in [0, 0.05) is 23.3 Å². The molecule has 0 saturated heterocycles. The molecule has 0 unspecified atom stereocenters. The highest BCUT2D eigenvalue weighted by atomic mass is 16.4. The van der Waals surface area contributed by atoms with Gasteiger partial charge in [0.25, 0.3) is 0 Å². The molecule has 4 heteroatoms. The van der Waals surface area contributed by atoms with Crippen molar-refractivity contribution in [3.8, 4) is 11.3 Å². The minimum atomic E-state index is -0.942. The first-order valence-corrected chi connectivity index (χ1v) is 6.27. The van der Waals surface area contributed by atoms with Crippen molar-refractivity contribution in [2.45, 2.75) is 0 Å². The Morgan fingerprint density at radius 2 is 1.90 bits per heavy atom. The molecule has 1 N–H and O–H groups in total. The van der Waals surface area contributed by atoms with Crippen LogP contribution in [0, 0.1) is 0 Å². The topological polar surface area (TPSA) is 54.6 Å². The van der Waals surface area contributed by atoms with E-state index in [2.05, 4.69) is 4.98 Å². The summed E-state index contributed by atoms with van der Waals surface area (Å²) >= 11 is 0. The summed E-state index contributed by atoms with van der Waals surface area (Å²) in [5, 5.41) is 10.4. The van der Waals surface area contributed by atoms with E-state index in [1.807, 2.05) is 42.7 Å². The highest BCUT2D eigenvalue weighted by Crippen LogP contribution is 2.34. The summed E-state index contributed by atoms with van der Waals surface area (Å²) in [6.07, 6.45) is 3.71. The number of para-hydroxylation sites is 1. The molecule has 20 heavy (non-hydrogen) atoms. The normalized spacial score (nSPS) is 11.4. The Bertz CT molecular complexity index is 940. The van der Waals surface area contributed by atoms with E-state index in [9.17, 15) is 9.90 Å². The lowest BCUT2D eigenvalue weighted by Gasteiger charge is -2.09. The molecule has 4 nitrogen and oxygen atoms in total. The van der Waals surface area contributed by atoms with Gasteiger partial charge in [0.05, 0.1) is 22.3 Å². The molecule has 0 saturated carbocycles. The van der Waals surface area contributed by atoms with Gasteiger partial charge in [0.2, 0.25) is 0 Å². The van der Waals surface area contributed by atoms with Crippen molar-refractivity contribution in [1.29, 1.82) is 0 Å². The van der Waals surface area contributed by atoms with Crippen molar-refractivity contribution < 1.29 is 9.90 Å². The van der Waals surface area contributed by atoms with Crippen LogP contribution in [0.5, 0.6) is 0 Å². The smallest absolute Gasteiger partial charge is 0.337 e. The Balaban J connectivity index is 2.25. The van der Waals surface area contributed by atoms with Gasteiger partial charge < -0.3 is 9.51 Å². The number of rotatable bonds is 1. The molecule has 3 heterocycles. The molecule has 96 valence electrons. The maximum Gasteiger partial charge on any atom is 0.337 e. The Morgan fingerprint density at radius 1 is 1.05 bits per heavy atom. The number of benzene rings is 1. The van der Waals surface area contributed by atoms with Gasteiger partial charge in [0.1, 0.15) is 0 Å². The van der Waals surface area contributed by atoms with Crippen molar-refractivity contribution >= 4 is 22.4 Å². The summed E-state index contributed by atoms with van der Waals surface area (Å²) in [6, 6.07) is 13.1. The lowest BCUT2D eigenvalue weighted by molar-refractivity contribution is 0.0698. The first-order valence-electron chi connectivity index (χ1n) is 6.27. The number of fused-ring (bicyclic) bond motifs is 5. The molecule has 1 aromatic heterocycles. The molecular weight excluding hydrogens is 252 g/mol. The van der Waals surface area contributed by atoms with E-state index in [1.165, 1.54) is 0 Å². The molecule has 2 aliphatic rings. The lowest BCUT2D eigenvalue weighted by atomic mass is 10.1. The number of aromatic carboxylic acids is 1. The third kappa shape index (κ3) is 1.36. The van der Waals surface area contributed by atoms with Crippen molar-refractivity contribution in [2.24, 2.45) is 0 Å². The van der Waals surface area contributed by atoms with Crippen LogP contribution in [0.4, 0.5) is 0 Å². The maximum atomic E-state index is 11.4. The van der Waals surface area contributed by atoms with Gasteiger partial charge in [-0.2, -0.15) is 0 Å². The fourth-order valence-corrected chi connectivity index (χ4v) is 2.68. The molecular formula is C16H10N2O2. The van der Waals surface area contributed by atoms with Crippen molar-refractivity contribution in [3.63, 3.8) is 0 Å². The Labute approximate surface area is 114 Å². The number of carboxylic acids is 1. The molecule has 0 aliphatic carbocycles. The molecule has 0 fully saturated rings. The van der Waals surface area contributed by atoms with Crippen LogP contribution in [0.3, 0.4) is 0 Å². The van der Waals surface area contributed by atoms with E-state index in [0.717, 1.165) is 22.2 Å². The number of nitrogens with zero attached hydrogens (tertiary/aromatic N) is 2. The highest BCUT2D eigenvalue weighted by Gasteiger charge is 2.19. The second-order valence-corrected chi connectivity index (χ2v) is 4.69. The second kappa shape index (κ2) is 3.81. The summed E-state index contributed by atoms with van der Waals surface area (Å²) in [7, 11) is 0. The van der Waals surface area contributed by atoms with Gasteiger partial charge >= 0.3 is 5.97 Å². The molecule has 0 spiro atoms. The first-order chi connectivity index (χ1) is 9.75. The maximum absolute atomic E-state index is 11.4. The van der Waals surface area contributed by atoms with E-state index in [4.69, 9.17) is 0 Å². The van der Waals surface area contributed by atoms with Crippen LogP contribution in [0.2, 0.25) is 0 Å². The van der Waals surface area contributed by atoms with Gasteiger partial charge in [-0.05, 0) is 24.3 Å². The van der Waals surface area contributed by atoms with Crippen molar-refractivity contribution in [2.75, 3.05) is 0 Å². The molecule has 0 radical (unpaired) electrons. The summed E-state index contributed by atoms with van der Waals surface area (Å²) in [6.45, 7) is 0. The van der Waals surface area contributed by atoms with Crippen molar-refractivity contribution in [1.82, 2.24) is 9.38 Å². The molecule has 0 amide bonds. The van der Waals surface area contributed by atoms with Gasteiger partial charge in [-0.15, -0.1) is 0 Å². The van der Waals surface area contributed by atoms with E-state index in [-0.39, 0.29) is 5.56 Å². The number of aromatic nitrogens is 2. The van der Waals surface area contributed by atoms with Crippen LogP contribution >= 0.6 is 0 Å². The van der Waals surface area contributed by atoms with Crippen LogP contribution in [0.1, 0.15) is 10.4 Å². The van der Waals surface area contributed by atoms with Crippen LogP contribution in [-0.4, -0.2) is 20.5 Å². The molecule has 0 atom stereocenters. The zero-order valence-electron chi connectivity index (χ0n) is 10.4. The number of carboxylic acid groups (broad SMARTS) is 1. The van der Waals surface area contributed by atoms with Gasteiger partial charge in [-0.1, -0.05) is 18.2 Å². The van der Waals surface area contributed by atoms with E-state index < -0.39 is 5.97 Å². The standard InChI is InChI=1S/C16H10N2O2/c19-16(20)12-5-3-8-18-9-7-11-10-4-1-2-6-13(10)17-14(11)15(12)18/h1-9H,(H,19,20). The zero-order chi connectivity index (χ0) is 13.7. The van der Waals surface area contributed by atoms with E-state index in [0.29, 0.717) is 5.52 Å². The predicted molar refractivity (Wildman–Crippen MR) is 76.3 cm³/mol. The van der Waals surface area contributed by atoms with E-state index in [1.54, 1.807) is 16.5 Å². The Hall–Kier alpha value is -2.88. The van der Waals surface area contributed by atoms with Crippen LogP contribution in [-0.2, 0) is 0 Å². The lowest BCUT2D eigenvalue weighted by Crippen LogP contribution is -2.03. The van der Waals surface area contributed by atoms with E-state index >= 15 is 0 Å². The number of carbonyl (C=O) groups is 1. The molecule has 2 aromatic rings. The first kappa shape index (κ1) is 11.0.